The van der Waals surface area contributed by atoms with Gasteiger partial charge in [-0.15, -0.1) is 0 Å². The van der Waals surface area contributed by atoms with Gasteiger partial charge in [0.05, 0.1) is 10.9 Å². The Morgan fingerprint density at radius 3 is 2.40 bits per heavy atom. The number of nitrogens with zero attached hydrogens (tertiary/aromatic N) is 1. The Labute approximate surface area is 151 Å². The van der Waals surface area contributed by atoms with Gasteiger partial charge in [-0.1, -0.05) is 22.0 Å². The number of allylic oxidation sites excluding steroid dienone is 1. The third-order valence-corrected chi connectivity index (χ3v) is 6.32. The van der Waals surface area contributed by atoms with Crippen LogP contribution < -0.4 is 0 Å². The van der Waals surface area contributed by atoms with E-state index >= 15 is 0 Å². The molecule has 8 heteroatoms. The van der Waals surface area contributed by atoms with Crippen LogP contribution in [0.3, 0.4) is 0 Å². The first-order valence-corrected chi connectivity index (χ1v) is 9.48. The van der Waals surface area contributed by atoms with Gasteiger partial charge in [0.25, 0.3) is 10.0 Å². The first-order valence-electron chi connectivity index (χ1n) is 7.25. The standard InChI is InChI=1S/C17H12BrF2NO3S/c18-14-2-1-3-15(20)17(14)16-10-12(22)8-9-21(16)25(23,24)13-6-4-11(19)5-7-13/h1-9,16H,10H2. The SMILES string of the molecule is O=C1C=CN(S(=O)(=O)c2ccc(F)cc2)C(c2c(F)cccc2Br)C1. The molecule has 0 amide bonds. The van der Waals surface area contributed by atoms with Gasteiger partial charge < -0.3 is 0 Å². The largest absolute Gasteiger partial charge is 0.295 e. The van der Waals surface area contributed by atoms with Crippen LogP contribution in [0.2, 0.25) is 0 Å². The van der Waals surface area contributed by atoms with E-state index < -0.39 is 27.7 Å². The summed E-state index contributed by atoms with van der Waals surface area (Å²) < 4.78 is 54.6. The number of ketones is 1. The minimum Gasteiger partial charge on any atom is -0.295 e. The molecular formula is C17H12BrF2NO3S. The zero-order valence-corrected chi connectivity index (χ0v) is 15.1. The van der Waals surface area contributed by atoms with E-state index in [-0.39, 0.29) is 22.7 Å². The predicted octanol–water partition coefficient (Wildman–Crippen LogP) is 3.95. The van der Waals surface area contributed by atoms with Crippen molar-refractivity contribution < 1.29 is 22.0 Å². The van der Waals surface area contributed by atoms with Crippen LogP contribution in [-0.4, -0.2) is 18.5 Å². The molecule has 0 N–H and O–H groups in total. The lowest BCUT2D eigenvalue weighted by molar-refractivity contribution is -0.115. The molecule has 0 spiro atoms. The van der Waals surface area contributed by atoms with Crippen LogP contribution >= 0.6 is 15.9 Å². The fraction of sp³-hybridized carbons (Fsp3) is 0.118. The van der Waals surface area contributed by atoms with Crippen LogP contribution in [0.4, 0.5) is 8.78 Å². The summed E-state index contributed by atoms with van der Waals surface area (Å²) in [4.78, 5) is 11.7. The molecule has 3 rings (SSSR count). The van der Waals surface area contributed by atoms with Crippen molar-refractivity contribution in [2.75, 3.05) is 0 Å². The molecule has 130 valence electrons. The van der Waals surface area contributed by atoms with Gasteiger partial charge in [0.15, 0.2) is 5.78 Å². The van der Waals surface area contributed by atoms with Crippen molar-refractivity contribution in [1.82, 2.24) is 4.31 Å². The molecule has 0 bridgehead atoms. The van der Waals surface area contributed by atoms with Crippen LogP contribution in [0.25, 0.3) is 0 Å². The van der Waals surface area contributed by atoms with E-state index in [1.807, 2.05) is 0 Å². The number of carbonyl (C=O) groups excluding carboxylic acids is 1. The number of halogens is 3. The van der Waals surface area contributed by atoms with Gasteiger partial charge in [-0.05, 0) is 42.5 Å². The summed E-state index contributed by atoms with van der Waals surface area (Å²) in [5, 5.41) is 0. The molecule has 4 nitrogen and oxygen atoms in total. The zero-order chi connectivity index (χ0) is 18.2. The lowest BCUT2D eigenvalue weighted by Crippen LogP contribution is -2.35. The number of sulfonamides is 1. The van der Waals surface area contributed by atoms with Crippen LogP contribution in [-0.2, 0) is 14.8 Å². The van der Waals surface area contributed by atoms with Crippen molar-refractivity contribution in [3.05, 3.63) is 76.4 Å². The topological polar surface area (TPSA) is 54.5 Å². The number of benzene rings is 2. The Bertz CT molecular complexity index is 938. The van der Waals surface area contributed by atoms with E-state index in [1.165, 1.54) is 12.1 Å². The van der Waals surface area contributed by atoms with E-state index in [2.05, 4.69) is 15.9 Å². The lowest BCUT2D eigenvalue weighted by atomic mass is 9.99. The summed E-state index contributed by atoms with van der Waals surface area (Å²) in [6.07, 6.45) is 2.05. The lowest BCUT2D eigenvalue weighted by Gasteiger charge is -2.32. The highest BCUT2D eigenvalue weighted by Gasteiger charge is 2.36. The fourth-order valence-electron chi connectivity index (χ4n) is 2.64. The maximum atomic E-state index is 14.3. The second kappa shape index (κ2) is 6.68. The molecule has 0 fully saturated rings. The highest BCUT2D eigenvalue weighted by molar-refractivity contribution is 9.10. The van der Waals surface area contributed by atoms with Crippen LogP contribution in [0.5, 0.6) is 0 Å². The van der Waals surface area contributed by atoms with Crippen molar-refractivity contribution in [3.8, 4) is 0 Å². The van der Waals surface area contributed by atoms with Crippen LogP contribution in [0, 0.1) is 11.6 Å². The molecular weight excluding hydrogens is 416 g/mol. The van der Waals surface area contributed by atoms with E-state index in [0.29, 0.717) is 4.47 Å². The Morgan fingerprint density at radius 1 is 1.08 bits per heavy atom. The third-order valence-electron chi connectivity index (χ3n) is 3.83. The average molecular weight is 428 g/mol. The molecule has 25 heavy (non-hydrogen) atoms. The number of rotatable bonds is 3. The fourth-order valence-corrected chi connectivity index (χ4v) is 4.71. The molecule has 2 aromatic carbocycles. The Kier molecular flexibility index (Phi) is 4.75. The van der Waals surface area contributed by atoms with E-state index in [0.717, 1.165) is 40.8 Å². The summed E-state index contributed by atoms with van der Waals surface area (Å²) >= 11 is 3.22. The normalized spacial score (nSPS) is 17.8. The van der Waals surface area contributed by atoms with E-state index in [1.54, 1.807) is 6.07 Å². The van der Waals surface area contributed by atoms with Crippen LogP contribution in [0.15, 0.2) is 64.1 Å². The molecule has 1 aliphatic heterocycles. The molecule has 0 aliphatic carbocycles. The minimum absolute atomic E-state index is 0.0749. The van der Waals surface area contributed by atoms with Crippen LogP contribution in [0.1, 0.15) is 18.0 Å². The summed E-state index contributed by atoms with van der Waals surface area (Å²) in [5.74, 6) is -1.51. The summed E-state index contributed by atoms with van der Waals surface area (Å²) in [5.41, 5.74) is 0.0749. The molecule has 0 saturated heterocycles. The quantitative estimate of drug-likeness (QED) is 0.744. The molecule has 1 atom stereocenters. The first kappa shape index (κ1) is 17.8. The molecule has 1 unspecified atom stereocenters. The number of hydrogen-bond donors (Lipinski definition) is 0. The molecule has 0 radical (unpaired) electrons. The van der Waals surface area contributed by atoms with Gasteiger partial charge in [0.1, 0.15) is 11.6 Å². The third kappa shape index (κ3) is 3.36. The molecule has 1 heterocycles. The first-order chi connectivity index (χ1) is 11.8. The smallest absolute Gasteiger partial charge is 0.264 e. The molecule has 0 aromatic heterocycles. The predicted molar refractivity (Wildman–Crippen MR) is 91.0 cm³/mol. The maximum Gasteiger partial charge on any atom is 0.264 e. The second-order valence-electron chi connectivity index (χ2n) is 5.43. The van der Waals surface area contributed by atoms with Gasteiger partial charge >= 0.3 is 0 Å². The average Bonchev–Trinajstić information content (AvgIpc) is 2.55. The number of carbonyl (C=O) groups is 1. The highest BCUT2D eigenvalue weighted by atomic mass is 79.9. The van der Waals surface area contributed by atoms with Crippen molar-refractivity contribution in [2.45, 2.75) is 17.4 Å². The summed E-state index contributed by atoms with van der Waals surface area (Å²) in [7, 11) is -4.09. The highest BCUT2D eigenvalue weighted by Crippen LogP contribution is 2.38. The van der Waals surface area contributed by atoms with E-state index in [4.69, 9.17) is 0 Å². The monoisotopic (exact) mass is 427 g/mol. The van der Waals surface area contributed by atoms with Crippen molar-refractivity contribution in [2.24, 2.45) is 0 Å². The molecule has 1 aliphatic rings. The minimum atomic E-state index is -4.09. The maximum absolute atomic E-state index is 14.3. The van der Waals surface area contributed by atoms with Gasteiger partial charge in [-0.25, -0.2) is 17.2 Å². The summed E-state index contributed by atoms with van der Waals surface area (Å²) in [6.45, 7) is 0. The van der Waals surface area contributed by atoms with Crippen molar-refractivity contribution >= 4 is 31.7 Å². The molecule has 0 saturated carbocycles. The van der Waals surface area contributed by atoms with E-state index in [9.17, 15) is 22.0 Å². The van der Waals surface area contributed by atoms with Gasteiger partial charge in [0.2, 0.25) is 0 Å². The zero-order valence-electron chi connectivity index (χ0n) is 12.7. The number of hydrogen-bond acceptors (Lipinski definition) is 3. The molecule has 2 aromatic rings. The van der Waals surface area contributed by atoms with Gasteiger partial charge in [-0.3, -0.25) is 9.10 Å². The van der Waals surface area contributed by atoms with Gasteiger partial charge in [-0.2, -0.15) is 0 Å². The summed E-state index contributed by atoms with van der Waals surface area (Å²) in [6, 6.07) is 7.52. The second-order valence-corrected chi connectivity index (χ2v) is 8.12. The Morgan fingerprint density at radius 2 is 1.76 bits per heavy atom. The van der Waals surface area contributed by atoms with Gasteiger partial charge in [0, 0.05) is 22.7 Å². The van der Waals surface area contributed by atoms with Crippen molar-refractivity contribution in [3.63, 3.8) is 0 Å². The Hall–Kier alpha value is -2.06. The van der Waals surface area contributed by atoms with Crippen molar-refractivity contribution in [1.29, 1.82) is 0 Å². The Balaban J connectivity index is 2.13.